The van der Waals surface area contributed by atoms with Gasteiger partial charge < -0.3 is 5.73 Å². The molecule has 3 nitrogen and oxygen atoms in total. The minimum absolute atomic E-state index is 0.0132. The Morgan fingerprint density at radius 2 is 1.82 bits per heavy atom. The summed E-state index contributed by atoms with van der Waals surface area (Å²) in [5, 5.41) is 0. The molecule has 0 aliphatic heterocycles. The Morgan fingerprint density at radius 3 is 2.27 bits per heavy atom. The molecule has 0 rings (SSSR count). The SMILES string of the molecule is NCCS(=O)(=O)CCCCF. The fourth-order valence-electron chi connectivity index (χ4n) is 0.698. The first kappa shape index (κ1) is 10.8. The van der Waals surface area contributed by atoms with E-state index in [9.17, 15) is 12.8 Å². The summed E-state index contributed by atoms with van der Waals surface area (Å²) in [6.07, 6.45) is 0.725. The quantitative estimate of drug-likeness (QED) is 0.594. The van der Waals surface area contributed by atoms with Crippen molar-refractivity contribution in [3.63, 3.8) is 0 Å². The molecule has 0 amide bonds. The molecule has 0 aliphatic carbocycles. The molecule has 0 fully saturated rings. The van der Waals surface area contributed by atoms with Gasteiger partial charge in [0.05, 0.1) is 18.2 Å². The normalized spacial score (nSPS) is 11.8. The fraction of sp³-hybridized carbons (Fsp3) is 1.00. The number of halogens is 1. The predicted octanol–water partition coefficient (Wildman–Crippen LogP) is 0.110. The van der Waals surface area contributed by atoms with Crippen LogP contribution in [0.2, 0.25) is 0 Å². The van der Waals surface area contributed by atoms with Crippen LogP contribution in [0, 0.1) is 0 Å². The number of rotatable bonds is 6. The molecule has 0 heterocycles. The molecule has 0 aromatic heterocycles. The highest BCUT2D eigenvalue weighted by atomic mass is 32.2. The maximum absolute atomic E-state index is 11.5. The molecule has 0 unspecified atom stereocenters. The van der Waals surface area contributed by atoms with E-state index >= 15 is 0 Å². The lowest BCUT2D eigenvalue weighted by atomic mass is 10.4. The van der Waals surface area contributed by atoms with E-state index in [2.05, 4.69) is 0 Å². The van der Waals surface area contributed by atoms with Gasteiger partial charge in [0.15, 0.2) is 9.84 Å². The van der Waals surface area contributed by atoms with Gasteiger partial charge in [-0.2, -0.15) is 0 Å². The maximum Gasteiger partial charge on any atom is 0.151 e. The van der Waals surface area contributed by atoms with Crippen LogP contribution in [0.3, 0.4) is 0 Å². The molecule has 11 heavy (non-hydrogen) atoms. The number of hydrogen-bond donors (Lipinski definition) is 1. The minimum Gasteiger partial charge on any atom is -0.329 e. The fourth-order valence-corrected chi connectivity index (χ4v) is 1.91. The summed E-state index contributed by atoms with van der Waals surface area (Å²) in [4.78, 5) is 0. The van der Waals surface area contributed by atoms with Gasteiger partial charge in [-0.15, -0.1) is 0 Å². The van der Waals surface area contributed by atoms with E-state index in [1.165, 1.54) is 0 Å². The standard InChI is InChI=1S/C6H14FNO2S/c7-3-1-2-5-11(9,10)6-4-8/h1-6,8H2. The second-order valence-electron chi connectivity index (χ2n) is 2.34. The van der Waals surface area contributed by atoms with Crippen LogP contribution in [0.1, 0.15) is 12.8 Å². The lowest BCUT2D eigenvalue weighted by Crippen LogP contribution is -2.18. The number of hydrogen-bond acceptors (Lipinski definition) is 3. The van der Waals surface area contributed by atoms with Crippen LogP contribution in [0.4, 0.5) is 4.39 Å². The maximum atomic E-state index is 11.5. The van der Waals surface area contributed by atoms with Gasteiger partial charge in [-0.1, -0.05) is 0 Å². The average Bonchev–Trinajstić information content (AvgIpc) is 1.87. The average molecular weight is 183 g/mol. The van der Waals surface area contributed by atoms with E-state index < -0.39 is 16.5 Å². The molecule has 0 bridgehead atoms. The van der Waals surface area contributed by atoms with Crippen LogP contribution in [0.5, 0.6) is 0 Å². The van der Waals surface area contributed by atoms with Gasteiger partial charge in [0, 0.05) is 6.54 Å². The summed E-state index contributed by atoms with van der Waals surface area (Å²) in [5.41, 5.74) is 5.07. The third-order valence-electron chi connectivity index (χ3n) is 1.27. The van der Waals surface area contributed by atoms with Crippen LogP contribution in [-0.2, 0) is 9.84 Å². The molecule has 5 heteroatoms. The van der Waals surface area contributed by atoms with E-state index in [0.29, 0.717) is 12.8 Å². The van der Waals surface area contributed by atoms with Crippen LogP contribution in [0.15, 0.2) is 0 Å². The Morgan fingerprint density at radius 1 is 1.18 bits per heavy atom. The first-order valence-corrected chi connectivity index (χ1v) is 5.41. The van der Waals surface area contributed by atoms with E-state index in [1.54, 1.807) is 0 Å². The zero-order chi connectivity index (χ0) is 8.74. The van der Waals surface area contributed by atoms with Crippen molar-refractivity contribution in [2.24, 2.45) is 5.73 Å². The zero-order valence-electron chi connectivity index (χ0n) is 6.42. The van der Waals surface area contributed by atoms with E-state index in [4.69, 9.17) is 5.73 Å². The molecule has 0 aromatic carbocycles. The Hall–Kier alpha value is -0.160. The second kappa shape index (κ2) is 5.49. The summed E-state index contributed by atoms with van der Waals surface area (Å²) in [7, 11) is -3.00. The molecule has 0 saturated heterocycles. The van der Waals surface area contributed by atoms with Crippen molar-refractivity contribution in [2.45, 2.75) is 12.8 Å². The monoisotopic (exact) mass is 183 g/mol. The van der Waals surface area contributed by atoms with Crippen molar-refractivity contribution >= 4 is 9.84 Å². The highest BCUT2D eigenvalue weighted by Crippen LogP contribution is 1.96. The molecule has 0 spiro atoms. The molecule has 0 aromatic rings. The summed E-state index contributed by atoms with van der Waals surface area (Å²) in [6.45, 7) is -0.296. The van der Waals surface area contributed by atoms with Gasteiger partial charge >= 0.3 is 0 Å². The summed E-state index contributed by atoms with van der Waals surface area (Å²) < 4.78 is 33.3. The highest BCUT2D eigenvalue weighted by molar-refractivity contribution is 7.91. The predicted molar refractivity (Wildman–Crippen MR) is 42.9 cm³/mol. The third-order valence-corrected chi connectivity index (χ3v) is 3.04. The summed E-state index contributed by atoms with van der Waals surface area (Å²) in [5.74, 6) is 0.0768. The van der Waals surface area contributed by atoms with Gasteiger partial charge in [-0.05, 0) is 12.8 Å². The van der Waals surface area contributed by atoms with Crippen LogP contribution >= 0.6 is 0 Å². The van der Waals surface area contributed by atoms with Gasteiger partial charge in [-0.3, -0.25) is 4.39 Å². The molecule has 2 N–H and O–H groups in total. The van der Waals surface area contributed by atoms with Crippen LogP contribution < -0.4 is 5.73 Å². The van der Waals surface area contributed by atoms with Crippen molar-refractivity contribution in [2.75, 3.05) is 24.7 Å². The van der Waals surface area contributed by atoms with Crippen LogP contribution in [-0.4, -0.2) is 33.1 Å². The second-order valence-corrected chi connectivity index (χ2v) is 4.64. The first-order chi connectivity index (χ1) is 5.12. The zero-order valence-corrected chi connectivity index (χ0v) is 7.24. The Balaban J connectivity index is 3.56. The third kappa shape index (κ3) is 6.25. The van der Waals surface area contributed by atoms with E-state index in [1.807, 2.05) is 0 Å². The Kier molecular flexibility index (Phi) is 5.41. The van der Waals surface area contributed by atoms with Gasteiger partial charge in [0.25, 0.3) is 0 Å². The van der Waals surface area contributed by atoms with E-state index in [-0.39, 0.29) is 18.1 Å². The molecular formula is C6H14FNO2S. The number of sulfone groups is 1. The molecule has 0 atom stereocenters. The molecule has 68 valence electrons. The van der Waals surface area contributed by atoms with Crippen molar-refractivity contribution < 1.29 is 12.8 Å². The Bertz CT molecular complexity index is 179. The molecule has 0 aliphatic rings. The van der Waals surface area contributed by atoms with Crippen molar-refractivity contribution in [3.05, 3.63) is 0 Å². The topological polar surface area (TPSA) is 60.2 Å². The highest BCUT2D eigenvalue weighted by Gasteiger charge is 2.07. The first-order valence-electron chi connectivity index (χ1n) is 3.59. The van der Waals surface area contributed by atoms with Gasteiger partial charge in [-0.25, -0.2) is 8.42 Å². The minimum atomic E-state index is -3.00. The van der Waals surface area contributed by atoms with Gasteiger partial charge in [0.1, 0.15) is 0 Å². The summed E-state index contributed by atoms with van der Waals surface area (Å²) in [6, 6.07) is 0. The lowest BCUT2D eigenvalue weighted by molar-refractivity contribution is 0.468. The number of nitrogens with two attached hydrogens (primary N) is 1. The van der Waals surface area contributed by atoms with Crippen molar-refractivity contribution in [3.8, 4) is 0 Å². The molecule has 0 saturated carbocycles. The lowest BCUT2D eigenvalue weighted by Gasteiger charge is -1.99. The van der Waals surface area contributed by atoms with Crippen molar-refractivity contribution in [1.82, 2.24) is 0 Å². The smallest absolute Gasteiger partial charge is 0.151 e. The van der Waals surface area contributed by atoms with Gasteiger partial charge in [0.2, 0.25) is 0 Å². The summed E-state index contributed by atoms with van der Waals surface area (Å²) >= 11 is 0. The molecule has 0 radical (unpaired) electrons. The van der Waals surface area contributed by atoms with Crippen molar-refractivity contribution in [1.29, 1.82) is 0 Å². The Labute approximate surface area is 66.7 Å². The van der Waals surface area contributed by atoms with Crippen LogP contribution in [0.25, 0.3) is 0 Å². The molecular weight excluding hydrogens is 169 g/mol. The van der Waals surface area contributed by atoms with E-state index in [0.717, 1.165) is 0 Å². The largest absolute Gasteiger partial charge is 0.329 e. The number of alkyl halides is 1. The number of unbranched alkanes of at least 4 members (excludes halogenated alkanes) is 1.